The molecule has 0 aromatic heterocycles. The molecule has 0 saturated carbocycles. The minimum Gasteiger partial charge on any atom is -0.862 e. The topological polar surface area (TPSA) is 96.2 Å². The molecule has 21 heavy (non-hydrogen) atoms. The smallest absolute Gasteiger partial charge is 0.862 e. The van der Waals surface area contributed by atoms with Crippen molar-refractivity contribution >= 4 is 11.9 Å². The van der Waals surface area contributed by atoms with Gasteiger partial charge in [0, 0.05) is 6.54 Å². The zero-order chi connectivity index (χ0) is 15.4. The van der Waals surface area contributed by atoms with E-state index in [0.29, 0.717) is 6.42 Å². The van der Waals surface area contributed by atoms with Gasteiger partial charge in [0.05, 0.1) is 19.3 Å². The zero-order valence-corrected chi connectivity index (χ0v) is 15.1. The van der Waals surface area contributed by atoms with E-state index in [2.05, 4.69) is 11.6 Å². The first-order valence-corrected chi connectivity index (χ1v) is 6.89. The van der Waals surface area contributed by atoms with Crippen molar-refractivity contribution in [1.82, 2.24) is 4.90 Å². The summed E-state index contributed by atoms with van der Waals surface area (Å²) in [7, 11) is 0. The van der Waals surface area contributed by atoms with Crippen LogP contribution in [-0.4, -0.2) is 52.8 Å². The van der Waals surface area contributed by atoms with Crippen LogP contribution in [0.25, 0.3) is 0 Å². The number of unbranched alkanes of at least 4 members (excludes halogenated alkanes) is 3. The van der Waals surface area contributed by atoms with Gasteiger partial charge in [0.15, 0.2) is 0 Å². The molecule has 1 atom stereocenters. The molecule has 0 aliphatic rings. The Morgan fingerprint density at radius 3 is 2.62 bits per heavy atom. The number of nitrogens with zero attached hydrogens (tertiary/aromatic N) is 2. The van der Waals surface area contributed by atoms with Crippen LogP contribution in [0.15, 0.2) is 17.6 Å². The maximum atomic E-state index is 11.5. The molecule has 0 radical (unpaired) electrons. The number of rotatable bonds is 12. The van der Waals surface area contributed by atoms with Crippen molar-refractivity contribution in [2.45, 2.75) is 45.1 Å². The van der Waals surface area contributed by atoms with Crippen molar-refractivity contribution in [3.63, 3.8) is 0 Å². The average molecular weight is 308 g/mol. The van der Waals surface area contributed by atoms with Crippen LogP contribution in [0.3, 0.4) is 0 Å². The van der Waals surface area contributed by atoms with E-state index >= 15 is 0 Å². The van der Waals surface area contributed by atoms with Gasteiger partial charge < -0.3 is 15.3 Å². The summed E-state index contributed by atoms with van der Waals surface area (Å²) < 4.78 is 0. The van der Waals surface area contributed by atoms with Crippen LogP contribution >= 0.6 is 0 Å². The molecule has 0 heterocycles. The monoisotopic (exact) mass is 308 g/mol. The maximum Gasteiger partial charge on any atom is 1.00 e. The molecule has 7 heteroatoms. The molecule has 116 valence electrons. The van der Waals surface area contributed by atoms with E-state index in [1.165, 1.54) is 4.90 Å². The molecule has 0 spiro atoms. The van der Waals surface area contributed by atoms with E-state index in [4.69, 9.17) is 5.11 Å². The molecule has 0 aromatic rings. The molecule has 2 N–H and O–H groups in total. The van der Waals surface area contributed by atoms with Gasteiger partial charge in [0.25, 0.3) is 0 Å². The van der Waals surface area contributed by atoms with Crippen molar-refractivity contribution in [2.24, 2.45) is 4.99 Å². The van der Waals surface area contributed by atoms with Crippen LogP contribution in [-0.2, 0) is 4.79 Å². The van der Waals surface area contributed by atoms with Crippen molar-refractivity contribution in [3.05, 3.63) is 12.7 Å². The van der Waals surface area contributed by atoms with Crippen LogP contribution in [0.2, 0.25) is 0 Å². The third kappa shape index (κ3) is 15.8. The SMILES string of the molecule is C=CCCCCCC([O-])=NCN(CC(=O)O)CC(C)O.[Na+]. The number of carbonyl (C=O) groups is 1. The van der Waals surface area contributed by atoms with Gasteiger partial charge >= 0.3 is 35.5 Å². The van der Waals surface area contributed by atoms with Crippen LogP contribution in [0.4, 0.5) is 0 Å². The predicted molar refractivity (Wildman–Crippen MR) is 76.5 cm³/mol. The van der Waals surface area contributed by atoms with E-state index in [1.807, 2.05) is 6.08 Å². The van der Waals surface area contributed by atoms with Crippen LogP contribution < -0.4 is 34.7 Å². The standard InChI is InChI=1S/C14H26N2O4.Na/c1-3-4-5-6-7-8-13(18)15-11-16(9-12(2)17)10-14(19)20;/h3,12,17H,1,4-11H2,2H3,(H,15,18)(H,19,20);/q;+1/p-1. The van der Waals surface area contributed by atoms with E-state index < -0.39 is 12.1 Å². The predicted octanol–water partition coefficient (Wildman–Crippen LogP) is -2.39. The second-order valence-electron chi connectivity index (χ2n) is 4.84. The largest absolute Gasteiger partial charge is 1.00 e. The van der Waals surface area contributed by atoms with E-state index in [-0.39, 0.29) is 55.2 Å². The molecule has 0 saturated heterocycles. The summed E-state index contributed by atoms with van der Waals surface area (Å²) in [5, 5.41) is 29.5. The fourth-order valence-corrected chi connectivity index (χ4v) is 1.74. The van der Waals surface area contributed by atoms with E-state index in [0.717, 1.165) is 25.7 Å². The maximum absolute atomic E-state index is 11.5. The molecule has 0 amide bonds. The number of hydrogen-bond acceptors (Lipinski definition) is 5. The summed E-state index contributed by atoms with van der Waals surface area (Å²) in [5.74, 6) is -1.22. The molecule has 0 aliphatic heterocycles. The Morgan fingerprint density at radius 2 is 2.10 bits per heavy atom. The number of allylic oxidation sites excluding steroid dienone is 1. The third-order valence-electron chi connectivity index (χ3n) is 2.63. The molecule has 0 aliphatic carbocycles. The fourth-order valence-electron chi connectivity index (χ4n) is 1.74. The second kappa shape index (κ2) is 14.5. The van der Waals surface area contributed by atoms with E-state index in [1.54, 1.807) is 6.92 Å². The molecular formula is C14H25N2NaO4. The van der Waals surface area contributed by atoms with Crippen molar-refractivity contribution in [3.8, 4) is 0 Å². The number of carboxylic acid groups (broad SMARTS) is 1. The Balaban J connectivity index is 0. The number of aliphatic imine (C=N–C) groups is 1. The second-order valence-corrected chi connectivity index (χ2v) is 4.84. The first kappa shape index (κ1) is 22.9. The Bertz CT molecular complexity index is 322. The molecule has 1 unspecified atom stereocenters. The number of aliphatic carboxylic acids is 1. The number of carboxylic acids is 1. The minimum atomic E-state index is -1.00. The molecule has 6 nitrogen and oxygen atoms in total. The fraction of sp³-hybridized carbons (Fsp3) is 0.714. The summed E-state index contributed by atoms with van der Waals surface area (Å²) >= 11 is 0. The summed E-state index contributed by atoms with van der Waals surface area (Å²) in [6, 6.07) is 0. The molecule has 0 fully saturated rings. The normalized spacial score (nSPS) is 12.8. The van der Waals surface area contributed by atoms with Gasteiger partial charge in [-0.1, -0.05) is 12.5 Å². The van der Waals surface area contributed by atoms with Gasteiger partial charge in [-0.2, -0.15) is 0 Å². The summed E-state index contributed by atoms with van der Waals surface area (Å²) in [4.78, 5) is 15.9. The molecule has 0 bridgehead atoms. The number of aliphatic hydroxyl groups excluding tert-OH is 1. The quantitative estimate of drug-likeness (QED) is 0.138. The first-order valence-electron chi connectivity index (χ1n) is 6.89. The first-order chi connectivity index (χ1) is 9.45. The Morgan fingerprint density at radius 1 is 1.43 bits per heavy atom. The Hall–Kier alpha value is -0.400. The Labute approximate surface area is 148 Å². The number of hydrogen-bond donors (Lipinski definition) is 2. The third-order valence-corrected chi connectivity index (χ3v) is 2.63. The van der Waals surface area contributed by atoms with E-state index in [9.17, 15) is 15.0 Å². The van der Waals surface area contributed by atoms with Gasteiger partial charge in [0.1, 0.15) is 0 Å². The van der Waals surface area contributed by atoms with Crippen molar-refractivity contribution in [1.29, 1.82) is 0 Å². The van der Waals surface area contributed by atoms with Crippen molar-refractivity contribution in [2.75, 3.05) is 19.8 Å². The molecule has 0 aromatic carbocycles. The average Bonchev–Trinajstić information content (AvgIpc) is 2.34. The number of aliphatic hydroxyl groups is 1. The van der Waals surface area contributed by atoms with Crippen LogP contribution in [0, 0.1) is 0 Å². The summed E-state index contributed by atoms with van der Waals surface area (Å²) in [6.45, 7) is 5.16. The molecule has 0 rings (SSSR count). The zero-order valence-electron chi connectivity index (χ0n) is 13.1. The van der Waals surface area contributed by atoms with Gasteiger partial charge in [0.2, 0.25) is 0 Å². The van der Waals surface area contributed by atoms with Gasteiger partial charge in [-0.15, -0.1) is 6.58 Å². The van der Waals surface area contributed by atoms with Gasteiger partial charge in [-0.05, 0) is 38.5 Å². The van der Waals surface area contributed by atoms with Gasteiger partial charge in [-0.3, -0.25) is 14.7 Å². The minimum absolute atomic E-state index is 0. The van der Waals surface area contributed by atoms with Crippen molar-refractivity contribution < 1.29 is 49.7 Å². The van der Waals surface area contributed by atoms with Crippen LogP contribution in [0.1, 0.15) is 39.0 Å². The summed E-state index contributed by atoms with van der Waals surface area (Å²) in [5.41, 5.74) is 0. The Kier molecular flexibility index (Phi) is 15.8. The van der Waals surface area contributed by atoms with Crippen LogP contribution in [0.5, 0.6) is 0 Å². The molecular weight excluding hydrogens is 283 g/mol. The summed E-state index contributed by atoms with van der Waals surface area (Å²) in [6.07, 6.45) is 5.29. The van der Waals surface area contributed by atoms with Gasteiger partial charge in [-0.25, -0.2) is 0 Å².